The molecule has 22 heavy (non-hydrogen) atoms. The van der Waals surface area contributed by atoms with Crippen LogP contribution in [0.4, 0.5) is 0 Å². The first kappa shape index (κ1) is 14.9. The van der Waals surface area contributed by atoms with Crippen LogP contribution < -0.4 is 5.32 Å². The molecule has 1 aliphatic rings. The smallest absolute Gasteiger partial charge is 0.291 e. The molecule has 7 heteroatoms. The van der Waals surface area contributed by atoms with E-state index in [1.165, 1.54) is 19.3 Å². The Morgan fingerprint density at radius 3 is 2.77 bits per heavy atom. The van der Waals surface area contributed by atoms with Gasteiger partial charge in [-0.2, -0.15) is 4.98 Å². The molecule has 1 aliphatic heterocycles. The predicted molar refractivity (Wildman–Crippen MR) is 82.9 cm³/mol. The zero-order chi connectivity index (χ0) is 15.5. The Morgan fingerprint density at radius 1 is 1.23 bits per heavy atom. The molecular weight excluding hydrogens is 280 g/mol. The fourth-order valence-electron chi connectivity index (χ4n) is 2.85. The van der Waals surface area contributed by atoms with Gasteiger partial charge in [-0.25, -0.2) is 9.50 Å². The van der Waals surface area contributed by atoms with Crippen molar-refractivity contribution in [2.75, 3.05) is 26.2 Å². The third-order valence-corrected chi connectivity index (χ3v) is 3.98. The fraction of sp³-hybridized carbons (Fsp3) is 0.600. The van der Waals surface area contributed by atoms with Gasteiger partial charge in [0.1, 0.15) is 0 Å². The second kappa shape index (κ2) is 6.39. The van der Waals surface area contributed by atoms with Crippen molar-refractivity contribution in [3.63, 3.8) is 0 Å². The van der Waals surface area contributed by atoms with E-state index in [2.05, 4.69) is 25.3 Å². The number of hydrogen-bond donors (Lipinski definition) is 1. The van der Waals surface area contributed by atoms with Gasteiger partial charge in [0.2, 0.25) is 5.82 Å². The van der Waals surface area contributed by atoms with E-state index in [9.17, 15) is 4.79 Å². The van der Waals surface area contributed by atoms with Crippen LogP contribution in [0.3, 0.4) is 0 Å². The van der Waals surface area contributed by atoms with E-state index in [0.717, 1.165) is 31.0 Å². The number of likely N-dealkylation sites (tertiary alicyclic amines) is 1. The molecule has 0 aromatic carbocycles. The Labute approximate surface area is 129 Å². The van der Waals surface area contributed by atoms with Crippen molar-refractivity contribution in [3.8, 4) is 0 Å². The van der Waals surface area contributed by atoms with Gasteiger partial charge >= 0.3 is 0 Å². The minimum atomic E-state index is -0.237. The van der Waals surface area contributed by atoms with E-state index >= 15 is 0 Å². The molecule has 3 heterocycles. The van der Waals surface area contributed by atoms with Crippen molar-refractivity contribution in [3.05, 3.63) is 23.3 Å². The van der Waals surface area contributed by atoms with Gasteiger partial charge in [-0.05, 0) is 45.8 Å². The number of nitrogens with zero attached hydrogens (tertiary/aromatic N) is 5. The quantitative estimate of drug-likeness (QED) is 0.910. The van der Waals surface area contributed by atoms with Crippen LogP contribution in [0.15, 0.2) is 6.07 Å². The number of rotatable bonds is 4. The molecule has 0 saturated carbocycles. The Balaban J connectivity index is 1.61. The van der Waals surface area contributed by atoms with Crippen molar-refractivity contribution in [1.82, 2.24) is 29.8 Å². The van der Waals surface area contributed by atoms with E-state index in [1.54, 1.807) is 4.52 Å². The molecule has 118 valence electrons. The van der Waals surface area contributed by atoms with Crippen LogP contribution in [-0.2, 0) is 0 Å². The molecule has 3 rings (SSSR count). The molecule has 7 nitrogen and oxygen atoms in total. The highest BCUT2D eigenvalue weighted by molar-refractivity contribution is 5.90. The highest BCUT2D eigenvalue weighted by Gasteiger charge is 2.15. The lowest BCUT2D eigenvalue weighted by Crippen LogP contribution is -2.37. The maximum atomic E-state index is 12.2. The average molecular weight is 302 g/mol. The summed E-state index contributed by atoms with van der Waals surface area (Å²) >= 11 is 0. The standard InChI is InChI=1S/C15H22N6O/c1-11-10-12(2)21-15(17-11)18-13(19-21)14(22)16-6-9-20-7-4-3-5-8-20/h10H,3-9H2,1-2H3,(H,16,22). The molecule has 0 atom stereocenters. The van der Waals surface area contributed by atoms with Gasteiger partial charge in [-0.15, -0.1) is 5.10 Å². The van der Waals surface area contributed by atoms with Crippen LogP contribution in [0.2, 0.25) is 0 Å². The number of hydrogen-bond acceptors (Lipinski definition) is 5. The second-order valence-electron chi connectivity index (χ2n) is 5.84. The maximum Gasteiger partial charge on any atom is 0.291 e. The molecule has 0 unspecified atom stereocenters. The third-order valence-electron chi connectivity index (χ3n) is 3.98. The molecule has 2 aromatic heterocycles. The van der Waals surface area contributed by atoms with Crippen molar-refractivity contribution in [2.24, 2.45) is 0 Å². The SMILES string of the molecule is Cc1cc(C)n2nc(C(=O)NCCN3CCCCC3)nc2n1. The Kier molecular flexibility index (Phi) is 4.33. The zero-order valence-corrected chi connectivity index (χ0v) is 13.2. The van der Waals surface area contributed by atoms with E-state index in [4.69, 9.17) is 0 Å². The highest BCUT2D eigenvalue weighted by atomic mass is 16.2. The summed E-state index contributed by atoms with van der Waals surface area (Å²) in [6.45, 7) is 7.60. The molecule has 0 bridgehead atoms. The average Bonchev–Trinajstić information content (AvgIpc) is 2.92. The maximum absolute atomic E-state index is 12.2. The fourth-order valence-corrected chi connectivity index (χ4v) is 2.85. The number of aromatic nitrogens is 4. The summed E-state index contributed by atoms with van der Waals surface area (Å²) in [5, 5.41) is 7.13. The van der Waals surface area contributed by atoms with Crippen molar-refractivity contribution in [2.45, 2.75) is 33.1 Å². The third kappa shape index (κ3) is 3.24. The van der Waals surface area contributed by atoms with Gasteiger partial charge in [-0.3, -0.25) is 4.79 Å². The molecular formula is C15H22N6O. The van der Waals surface area contributed by atoms with Crippen LogP contribution in [0, 0.1) is 13.8 Å². The first-order valence-corrected chi connectivity index (χ1v) is 7.85. The Hall–Kier alpha value is -2.02. The van der Waals surface area contributed by atoms with Crippen molar-refractivity contribution < 1.29 is 4.79 Å². The predicted octanol–water partition coefficient (Wildman–Crippen LogP) is 0.957. The molecule has 2 aromatic rings. The Bertz CT molecular complexity index is 674. The van der Waals surface area contributed by atoms with Gasteiger partial charge < -0.3 is 10.2 Å². The van der Waals surface area contributed by atoms with E-state index in [0.29, 0.717) is 12.3 Å². The summed E-state index contributed by atoms with van der Waals surface area (Å²) in [5.41, 5.74) is 1.79. The van der Waals surface area contributed by atoms with Gasteiger partial charge in [0.05, 0.1) is 0 Å². The molecule has 1 saturated heterocycles. The second-order valence-corrected chi connectivity index (χ2v) is 5.84. The number of carbonyl (C=O) groups is 1. The number of fused-ring (bicyclic) bond motifs is 1. The first-order valence-electron chi connectivity index (χ1n) is 7.85. The van der Waals surface area contributed by atoms with Gasteiger partial charge in [0.15, 0.2) is 0 Å². The van der Waals surface area contributed by atoms with E-state index in [1.807, 2.05) is 19.9 Å². The molecule has 0 radical (unpaired) electrons. The summed E-state index contributed by atoms with van der Waals surface area (Å²) in [5.74, 6) is 0.415. The number of piperidine rings is 1. The number of nitrogens with one attached hydrogen (secondary N) is 1. The molecule has 1 fully saturated rings. The lowest BCUT2D eigenvalue weighted by molar-refractivity contribution is 0.0936. The topological polar surface area (TPSA) is 75.4 Å². The van der Waals surface area contributed by atoms with Crippen molar-refractivity contribution in [1.29, 1.82) is 0 Å². The van der Waals surface area contributed by atoms with E-state index in [-0.39, 0.29) is 11.7 Å². The van der Waals surface area contributed by atoms with Crippen LogP contribution in [0.25, 0.3) is 5.78 Å². The Morgan fingerprint density at radius 2 is 2.00 bits per heavy atom. The lowest BCUT2D eigenvalue weighted by Gasteiger charge is -2.26. The van der Waals surface area contributed by atoms with E-state index < -0.39 is 0 Å². The monoisotopic (exact) mass is 302 g/mol. The van der Waals surface area contributed by atoms with Crippen LogP contribution in [0.1, 0.15) is 41.3 Å². The summed E-state index contributed by atoms with van der Waals surface area (Å²) in [6, 6.07) is 1.92. The normalized spacial score (nSPS) is 16.1. The number of amides is 1. The number of aryl methyl sites for hydroxylation is 2. The van der Waals surface area contributed by atoms with Gasteiger partial charge in [-0.1, -0.05) is 6.42 Å². The minimum Gasteiger partial charge on any atom is -0.348 e. The van der Waals surface area contributed by atoms with Crippen LogP contribution in [-0.4, -0.2) is 56.6 Å². The van der Waals surface area contributed by atoms with Crippen LogP contribution >= 0.6 is 0 Å². The first-order chi connectivity index (χ1) is 10.6. The highest BCUT2D eigenvalue weighted by Crippen LogP contribution is 2.07. The summed E-state index contributed by atoms with van der Waals surface area (Å²) in [6.07, 6.45) is 3.83. The molecule has 1 N–H and O–H groups in total. The lowest BCUT2D eigenvalue weighted by atomic mass is 10.1. The van der Waals surface area contributed by atoms with Gasteiger partial charge in [0.25, 0.3) is 11.7 Å². The van der Waals surface area contributed by atoms with Crippen molar-refractivity contribution >= 4 is 11.7 Å². The summed E-state index contributed by atoms with van der Waals surface area (Å²) in [7, 11) is 0. The number of carbonyl (C=O) groups excluding carboxylic acids is 1. The largest absolute Gasteiger partial charge is 0.348 e. The molecule has 0 spiro atoms. The summed E-state index contributed by atoms with van der Waals surface area (Å²) in [4.78, 5) is 23.1. The molecule has 1 amide bonds. The van der Waals surface area contributed by atoms with Gasteiger partial charge in [0, 0.05) is 24.5 Å². The minimum absolute atomic E-state index is 0.180. The van der Waals surface area contributed by atoms with Crippen LogP contribution in [0.5, 0.6) is 0 Å². The zero-order valence-electron chi connectivity index (χ0n) is 13.2. The molecule has 0 aliphatic carbocycles. The summed E-state index contributed by atoms with van der Waals surface area (Å²) < 4.78 is 1.60.